The van der Waals surface area contributed by atoms with Crippen molar-refractivity contribution in [2.75, 3.05) is 18.9 Å². The molecular weight excluding hydrogens is 268 g/mol. The molecule has 7 heteroatoms. The van der Waals surface area contributed by atoms with E-state index in [9.17, 15) is 9.59 Å². The van der Waals surface area contributed by atoms with Gasteiger partial charge in [0.2, 0.25) is 5.91 Å². The molecule has 1 aromatic heterocycles. The van der Waals surface area contributed by atoms with Crippen LogP contribution in [0.1, 0.15) is 24.3 Å². The van der Waals surface area contributed by atoms with Crippen LogP contribution in [0.3, 0.4) is 0 Å². The molecule has 0 fully saturated rings. The summed E-state index contributed by atoms with van der Waals surface area (Å²) in [5.41, 5.74) is 0.0877. The predicted octanol–water partition coefficient (Wildman–Crippen LogP) is 1.03. The second-order valence-corrected chi connectivity index (χ2v) is 4.27. The van der Waals surface area contributed by atoms with Gasteiger partial charge in [-0.25, -0.2) is 4.98 Å². The highest BCUT2D eigenvalue weighted by atomic mass is 35.5. The number of carbonyl (C=O) groups is 2. The van der Waals surface area contributed by atoms with Gasteiger partial charge in [-0.1, -0.05) is 11.6 Å². The van der Waals surface area contributed by atoms with Crippen LogP contribution in [0.25, 0.3) is 0 Å². The molecule has 104 valence electrons. The third kappa shape index (κ3) is 4.10. The van der Waals surface area contributed by atoms with Gasteiger partial charge >= 0.3 is 0 Å². The molecule has 1 heterocycles. The van der Waals surface area contributed by atoms with E-state index < -0.39 is 11.9 Å². The summed E-state index contributed by atoms with van der Waals surface area (Å²) in [6.45, 7) is 3.91. The van der Waals surface area contributed by atoms with Crippen molar-refractivity contribution in [3.63, 3.8) is 0 Å². The number of hydrogen-bond donors (Lipinski definition) is 3. The van der Waals surface area contributed by atoms with Crippen LogP contribution in [0, 0.1) is 0 Å². The summed E-state index contributed by atoms with van der Waals surface area (Å²) in [6.07, 6.45) is 0. The van der Waals surface area contributed by atoms with E-state index >= 15 is 0 Å². The molecule has 0 aliphatic rings. The van der Waals surface area contributed by atoms with Crippen LogP contribution >= 0.6 is 11.6 Å². The Morgan fingerprint density at radius 1 is 1.42 bits per heavy atom. The number of carbonyl (C=O) groups excluding carboxylic acids is 2. The Kier molecular flexibility index (Phi) is 5.57. The summed E-state index contributed by atoms with van der Waals surface area (Å²) < 4.78 is 0. The molecule has 2 amide bonds. The average molecular weight is 285 g/mol. The number of aromatic nitrogens is 1. The molecule has 1 atom stereocenters. The molecular formula is C12H17ClN4O2. The molecule has 0 saturated heterocycles. The zero-order valence-corrected chi connectivity index (χ0v) is 11.8. The van der Waals surface area contributed by atoms with Crippen molar-refractivity contribution in [2.24, 2.45) is 0 Å². The lowest BCUT2D eigenvalue weighted by Crippen LogP contribution is -2.45. The second-order valence-electron chi connectivity index (χ2n) is 3.87. The van der Waals surface area contributed by atoms with Crippen molar-refractivity contribution in [1.29, 1.82) is 0 Å². The van der Waals surface area contributed by atoms with E-state index in [0.29, 0.717) is 12.4 Å². The molecule has 0 aliphatic carbocycles. The third-order valence-corrected chi connectivity index (χ3v) is 2.71. The summed E-state index contributed by atoms with van der Waals surface area (Å²) in [6, 6.07) is 2.59. The number of likely N-dealkylation sites (N-methyl/N-ethyl adjacent to an activating group) is 1. The van der Waals surface area contributed by atoms with Gasteiger partial charge in [0.05, 0.1) is 5.02 Å². The SMILES string of the molecule is CCNC(=O)C(C)NC(=O)c1nc(NC)ccc1Cl. The number of halogens is 1. The fraction of sp³-hybridized carbons (Fsp3) is 0.417. The maximum atomic E-state index is 12.0. The van der Waals surface area contributed by atoms with Crippen molar-refractivity contribution in [3.05, 3.63) is 22.8 Å². The Hall–Kier alpha value is -1.82. The fourth-order valence-corrected chi connectivity index (χ4v) is 1.59. The molecule has 19 heavy (non-hydrogen) atoms. The summed E-state index contributed by atoms with van der Waals surface area (Å²) in [7, 11) is 1.69. The zero-order valence-electron chi connectivity index (χ0n) is 11.1. The van der Waals surface area contributed by atoms with Crippen LogP contribution in [0.2, 0.25) is 5.02 Å². The lowest BCUT2D eigenvalue weighted by molar-refractivity contribution is -0.122. The predicted molar refractivity (Wildman–Crippen MR) is 74.4 cm³/mol. The van der Waals surface area contributed by atoms with Crippen LogP contribution < -0.4 is 16.0 Å². The summed E-state index contributed by atoms with van der Waals surface area (Å²) in [5, 5.41) is 8.22. The average Bonchev–Trinajstić information content (AvgIpc) is 2.39. The molecule has 0 spiro atoms. The maximum Gasteiger partial charge on any atom is 0.272 e. The first-order valence-electron chi connectivity index (χ1n) is 5.92. The van der Waals surface area contributed by atoms with Gasteiger partial charge in [-0.15, -0.1) is 0 Å². The quantitative estimate of drug-likeness (QED) is 0.754. The number of hydrogen-bond acceptors (Lipinski definition) is 4. The number of rotatable bonds is 5. The Bertz CT molecular complexity index is 479. The molecule has 0 saturated carbocycles. The monoisotopic (exact) mass is 284 g/mol. The highest BCUT2D eigenvalue weighted by molar-refractivity contribution is 6.33. The van der Waals surface area contributed by atoms with Gasteiger partial charge in [0, 0.05) is 13.6 Å². The van der Waals surface area contributed by atoms with Gasteiger partial charge in [0.25, 0.3) is 5.91 Å². The van der Waals surface area contributed by atoms with Crippen molar-refractivity contribution < 1.29 is 9.59 Å². The molecule has 0 radical (unpaired) electrons. The van der Waals surface area contributed by atoms with Crippen molar-refractivity contribution in [3.8, 4) is 0 Å². The molecule has 1 aromatic rings. The van der Waals surface area contributed by atoms with Gasteiger partial charge in [0.1, 0.15) is 17.6 Å². The highest BCUT2D eigenvalue weighted by Crippen LogP contribution is 2.16. The first kappa shape index (κ1) is 15.2. The summed E-state index contributed by atoms with van der Waals surface area (Å²) >= 11 is 5.92. The van der Waals surface area contributed by atoms with Crippen LogP contribution in [0.4, 0.5) is 5.82 Å². The number of nitrogens with one attached hydrogen (secondary N) is 3. The van der Waals surface area contributed by atoms with E-state index in [1.165, 1.54) is 0 Å². The second kappa shape index (κ2) is 6.94. The standard InChI is InChI=1S/C12H17ClN4O2/c1-4-15-11(18)7(2)16-12(19)10-8(13)5-6-9(14-3)17-10/h5-7H,4H2,1-3H3,(H,14,17)(H,15,18)(H,16,19). The van der Waals surface area contributed by atoms with E-state index in [1.807, 2.05) is 0 Å². The largest absolute Gasteiger partial charge is 0.373 e. The first-order chi connectivity index (χ1) is 8.99. The number of pyridine rings is 1. The van der Waals surface area contributed by atoms with Crippen molar-refractivity contribution >= 4 is 29.2 Å². The van der Waals surface area contributed by atoms with Crippen LogP contribution in [-0.2, 0) is 4.79 Å². The van der Waals surface area contributed by atoms with E-state index in [-0.39, 0.29) is 16.6 Å². The molecule has 6 nitrogen and oxygen atoms in total. The van der Waals surface area contributed by atoms with E-state index in [0.717, 1.165) is 0 Å². The van der Waals surface area contributed by atoms with Crippen LogP contribution in [-0.4, -0.2) is 36.4 Å². The summed E-state index contributed by atoms with van der Waals surface area (Å²) in [4.78, 5) is 27.6. The fourth-order valence-electron chi connectivity index (χ4n) is 1.40. The Morgan fingerprint density at radius 3 is 2.68 bits per heavy atom. The third-order valence-electron chi connectivity index (χ3n) is 2.41. The smallest absolute Gasteiger partial charge is 0.272 e. The molecule has 0 aromatic carbocycles. The van der Waals surface area contributed by atoms with Crippen LogP contribution in [0.15, 0.2) is 12.1 Å². The molecule has 3 N–H and O–H groups in total. The van der Waals surface area contributed by atoms with Crippen LogP contribution in [0.5, 0.6) is 0 Å². The minimum absolute atomic E-state index is 0.0877. The van der Waals surface area contributed by atoms with Gasteiger partial charge in [-0.3, -0.25) is 9.59 Å². The van der Waals surface area contributed by atoms with Gasteiger partial charge in [0.15, 0.2) is 0 Å². The normalized spacial score (nSPS) is 11.6. The minimum atomic E-state index is -0.649. The topological polar surface area (TPSA) is 83.1 Å². The maximum absolute atomic E-state index is 12.0. The number of nitrogens with zero attached hydrogens (tertiary/aromatic N) is 1. The molecule has 1 rings (SSSR count). The number of amides is 2. The first-order valence-corrected chi connectivity index (χ1v) is 6.30. The van der Waals surface area contributed by atoms with Gasteiger partial charge in [-0.2, -0.15) is 0 Å². The zero-order chi connectivity index (χ0) is 14.4. The Balaban J connectivity index is 2.80. The lowest BCUT2D eigenvalue weighted by Gasteiger charge is -2.13. The molecule has 0 bridgehead atoms. The highest BCUT2D eigenvalue weighted by Gasteiger charge is 2.19. The van der Waals surface area contributed by atoms with E-state index in [2.05, 4.69) is 20.9 Å². The van der Waals surface area contributed by atoms with Gasteiger partial charge in [-0.05, 0) is 26.0 Å². The minimum Gasteiger partial charge on any atom is -0.373 e. The lowest BCUT2D eigenvalue weighted by atomic mass is 10.2. The van der Waals surface area contributed by atoms with Gasteiger partial charge < -0.3 is 16.0 Å². The van der Waals surface area contributed by atoms with E-state index in [1.54, 1.807) is 33.0 Å². The molecule has 0 aliphatic heterocycles. The number of anilines is 1. The van der Waals surface area contributed by atoms with Crippen molar-refractivity contribution in [1.82, 2.24) is 15.6 Å². The Morgan fingerprint density at radius 2 is 2.11 bits per heavy atom. The van der Waals surface area contributed by atoms with E-state index in [4.69, 9.17) is 11.6 Å². The summed E-state index contributed by atoms with van der Waals surface area (Å²) in [5.74, 6) is -0.210. The molecule has 1 unspecified atom stereocenters. The Labute approximate surface area is 116 Å². The van der Waals surface area contributed by atoms with Crippen molar-refractivity contribution in [2.45, 2.75) is 19.9 Å².